The van der Waals surface area contributed by atoms with Gasteiger partial charge < -0.3 is 19.5 Å². The van der Waals surface area contributed by atoms with Crippen LogP contribution in [0.15, 0.2) is 35.6 Å². The number of aliphatic hydroxyl groups is 1. The molecule has 1 fully saturated rings. The third-order valence-corrected chi connectivity index (χ3v) is 5.85. The number of benzene rings is 1. The maximum atomic E-state index is 13.3. The van der Waals surface area contributed by atoms with Crippen molar-refractivity contribution in [2.24, 2.45) is 5.92 Å². The van der Waals surface area contributed by atoms with Gasteiger partial charge in [-0.2, -0.15) is 0 Å². The van der Waals surface area contributed by atoms with Gasteiger partial charge in [0.2, 0.25) is 0 Å². The number of nitrogens with zero attached hydrogens (tertiary/aromatic N) is 1. The number of ketones is 1. The molecule has 1 aromatic carbocycles. The quantitative estimate of drug-likeness (QED) is 0.860. The number of Topliss-reactive ketones (excluding diaryl/α,β-unsaturated/α-hetero) is 1. The Morgan fingerprint density at radius 2 is 1.93 bits per heavy atom. The molecule has 0 saturated heterocycles. The van der Waals surface area contributed by atoms with Crippen LogP contribution in [0.5, 0.6) is 5.75 Å². The van der Waals surface area contributed by atoms with Crippen LogP contribution in [0.2, 0.25) is 0 Å². The summed E-state index contributed by atoms with van der Waals surface area (Å²) in [5.74, 6) is 0.613. The summed E-state index contributed by atoms with van der Waals surface area (Å²) in [7, 11) is 1.60. The standard InChI is InChI=1S/C21H25NO5/c1-26-14-9-7-13(8-10-14)18-17-19(24)15-5-2-3-6-16(15)27-20(17)21(25)22(18)11-4-12-23/h7-10,15-16,18,23H,2-6,11-12H2,1H3. The lowest BCUT2D eigenvalue weighted by Crippen LogP contribution is -2.39. The minimum Gasteiger partial charge on any atom is -0.497 e. The molecule has 0 radical (unpaired) electrons. The van der Waals surface area contributed by atoms with Crippen LogP contribution in [-0.4, -0.2) is 48.1 Å². The molecule has 6 nitrogen and oxygen atoms in total. The van der Waals surface area contributed by atoms with Gasteiger partial charge in [-0.15, -0.1) is 0 Å². The van der Waals surface area contributed by atoms with E-state index >= 15 is 0 Å². The summed E-state index contributed by atoms with van der Waals surface area (Å²) in [5, 5.41) is 9.25. The maximum Gasteiger partial charge on any atom is 0.290 e. The number of carbonyl (C=O) groups is 2. The second kappa shape index (κ2) is 7.35. The molecule has 2 heterocycles. The first kappa shape index (κ1) is 18.0. The van der Waals surface area contributed by atoms with Gasteiger partial charge in [-0.25, -0.2) is 0 Å². The zero-order chi connectivity index (χ0) is 19.0. The van der Waals surface area contributed by atoms with Crippen LogP contribution in [0.25, 0.3) is 0 Å². The Morgan fingerprint density at radius 3 is 2.63 bits per heavy atom. The SMILES string of the molecule is COc1ccc(C2C3=C(OC4CCCCC4C3=O)C(=O)N2CCCO)cc1. The highest BCUT2D eigenvalue weighted by Gasteiger charge is 2.51. The van der Waals surface area contributed by atoms with Crippen molar-refractivity contribution in [3.05, 3.63) is 41.2 Å². The maximum absolute atomic E-state index is 13.3. The Kier molecular flexibility index (Phi) is 4.91. The van der Waals surface area contributed by atoms with Gasteiger partial charge in [0, 0.05) is 13.2 Å². The highest BCUT2D eigenvalue weighted by Crippen LogP contribution is 2.46. The van der Waals surface area contributed by atoms with Crippen LogP contribution in [0.4, 0.5) is 0 Å². The predicted molar refractivity (Wildman–Crippen MR) is 98.0 cm³/mol. The van der Waals surface area contributed by atoms with E-state index in [1.54, 1.807) is 12.0 Å². The molecule has 3 unspecified atom stereocenters. The highest BCUT2D eigenvalue weighted by atomic mass is 16.5. The third-order valence-electron chi connectivity index (χ3n) is 5.85. The summed E-state index contributed by atoms with van der Waals surface area (Å²) >= 11 is 0. The Labute approximate surface area is 158 Å². The van der Waals surface area contributed by atoms with Crippen molar-refractivity contribution in [2.45, 2.75) is 44.2 Å². The molecular weight excluding hydrogens is 346 g/mol. The number of hydrogen-bond acceptors (Lipinski definition) is 5. The van der Waals surface area contributed by atoms with Crippen LogP contribution >= 0.6 is 0 Å². The number of fused-ring (bicyclic) bond motifs is 1. The summed E-state index contributed by atoms with van der Waals surface area (Å²) in [4.78, 5) is 28.0. The lowest BCUT2D eigenvalue weighted by atomic mass is 9.77. The molecule has 1 amide bonds. The molecule has 1 aromatic rings. The van der Waals surface area contributed by atoms with Crippen molar-refractivity contribution in [3.63, 3.8) is 0 Å². The molecule has 1 saturated carbocycles. The summed E-state index contributed by atoms with van der Waals surface area (Å²) in [6, 6.07) is 6.98. The molecule has 1 N–H and O–H groups in total. The minimum absolute atomic E-state index is 0.0101. The van der Waals surface area contributed by atoms with Gasteiger partial charge >= 0.3 is 0 Å². The van der Waals surface area contributed by atoms with Crippen molar-refractivity contribution < 1.29 is 24.2 Å². The van der Waals surface area contributed by atoms with Gasteiger partial charge in [0.05, 0.1) is 24.6 Å². The van der Waals surface area contributed by atoms with Crippen molar-refractivity contribution in [3.8, 4) is 5.75 Å². The smallest absolute Gasteiger partial charge is 0.290 e. The van der Waals surface area contributed by atoms with Crippen LogP contribution in [0.1, 0.15) is 43.7 Å². The molecular formula is C21H25NO5. The summed E-state index contributed by atoms with van der Waals surface area (Å²) < 4.78 is 11.3. The van der Waals surface area contributed by atoms with Crippen LogP contribution in [0, 0.1) is 5.92 Å². The van der Waals surface area contributed by atoms with Gasteiger partial charge in [0.1, 0.15) is 11.9 Å². The average molecular weight is 371 g/mol. The van der Waals surface area contributed by atoms with Crippen LogP contribution in [-0.2, 0) is 14.3 Å². The molecule has 2 aliphatic heterocycles. The van der Waals surface area contributed by atoms with E-state index in [2.05, 4.69) is 0 Å². The second-order valence-electron chi connectivity index (χ2n) is 7.41. The van der Waals surface area contributed by atoms with E-state index in [0.29, 0.717) is 18.5 Å². The normalized spacial score (nSPS) is 27.3. The van der Waals surface area contributed by atoms with Gasteiger partial charge in [-0.05, 0) is 43.4 Å². The van der Waals surface area contributed by atoms with Crippen LogP contribution in [0.3, 0.4) is 0 Å². The fourth-order valence-electron chi connectivity index (χ4n) is 4.50. The van der Waals surface area contributed by atoms with Crippen molar-refractivity contribution in [1.82, 2.24) is 4.90 Å². The predicted octanol–water partition coefficient (Wildman–Crippen LogP) is 2.37. The van der Waals surface area contributed by atoms with Gasteiger partial charge in [-0.3, -0.25) is 9.59 Å². The zero-order valence-electron chi connectivity index (χ0n) is 15.5. The molecule has 0 bridgehead atoms. The van der Waals surface area contributed by atoms with E-state index in [4.69, 9.17) is 9.47 Å². The zero-order valence-corrected chi connectivity index (χ0v) is 15.5. The Balaban J connectivity index is 1.75. The molecule has 27 heavy (non-hydrogen) atoms. The van der Waals surface area contributed by atoms with E-state index in [0.717, 1.165) is 37.0 Å². The average Bonchev–Trinajstić information content (AvgIpc) is 2.99. The van der Waals surface area contributed by atoms with Crippen LogP contribution < -0.4 is 4.74 Å². The lowest BCUT2D eigenvalue weighted by molar-refractivity contribution is -0.135. The number of carbonyl (C=O) groups excluding carboxylic acids is 2. The Hall–Kier alpha value is -2.34. The monoisotopic (exact) mass is 371 g/mol. The highest BCUT2D eigenvalue weighted by molar-refractivity contribution is 6.11. The van der Waals surface area contributed by atoms with E-state index < -0.39 is 6.04 Å². The number of amides is 1. The van der Waals surface area contributed by atoms with Crippen molar-refractivity contribution in [2.75, 3.05) is 20.3 Å². The van der Waals surface area contributed by atoms with Gasteiger partial charge in [-0.1, -0.05) is 18.6 Å². The molecule has 0 spiro atoms. The van der Waals surface area contributed by atoms with E-state index in [1.165, 1.54) is 0 Å². The molecule has 4 rings (SSSR count). The third kappa shape index (κ3) is 3.02. The van der Waals surface area contributed by atoms with E-state index in [9.17, 15) is 14.7 Å². The van der Waals surface area contributed by atoms with Gasteiger partial charge in [0.25, 0.3) is 5.91 Å². The number of ether oxygens (including phenoxy) is 2. The van der Waals surface area contributed by atoms with E-state index in [-0.39, 0.29) is 36.1 Å². The lowest BCUT2D eigenvalue weighted by Gasteiger charge is -2.35. The molecule has 0 aromatic heterocycles. The fraction of sp³-hybridized carbons (Fsp3) is 0.524. The number of rotatable bonds is 5. The molecule has 1 aliphatic carbocycles. The van der Waals surface area contributed by atoms with Crippen molar-refractivity contribution in [1.29, 1.82) is 0 Å². The summed E-state index contributed by atoms with van der Waals surface area (Å²) in [5.41, 5.74) is 1.35. The topological polar surface area (TPSA) is 76.1 Å². The number of hydrogen-bond donors (Lipinski definition) is 1. The Morgan fingerprint density at radius 1 is 1.19 bits per heavy atom. The molecule has 3 atom stereocenters. The number of aliphatic hydroxyl groups excluding tert-OH is 1. The first-order valence-electron chi connectivity index (χ1n) is 9.66. The summed E-state index contributed by atoms with van der Waals surface area (Å²) in [6.45, 7) is 0.370. The largest absolute Gasteiger partial charge is 0.497 e. The van der Waals surface area contributed by atoms with E-state index in [1.807, 2.05) is 24.3 Å². The first-order chi connectivity index (χ1) is 13.2. The molecule has 144 valence electrons. The molecule has 3 aliphatic rings. The minimum atomic E-state index is -0.458. The molecule has 6 heteroatoms. The second-order valence-corrected chi connectivity index (χ2v) is 7.41. The Bertz CT molecular complexity index is 769. The number of methoxy groups -OCH3 is 1. The fourth-order valence-corrected chi connectivity index (χ4v) is 4.50. The first-order valence-corrected chi connectivity index (χ1v) is 9.66. The van der Waals surface area contributed by atoms with Gasteiger partial charge in [0.15, 0.2) is 11.5 Å². The van der Waals surface area contributed by atoms with Crippen molar-refractivity contribution >= 4 is 11.7 Å². The summed E-state index contributed by atoms with van der Waals surface area (Å²) in [6.07, 6.45) is 3.98.